The number of unbranched alkanes of at least 4 members (excludes halogenated alkanes) is 1. The third kappa shape index (κ3) is 4.15. The summed E-state index contributed by atoms with van der Waals surface area (Å²) in [6.07, 6.45) is 1.95. The highest BCUT2D eigenvalue weighted by Crippen LogP contribution is 2.08. The molecular formula is C10H20N2O3. The summed E-state index contributed by atoms with van der Waals surface area (Å²) < 4.78 is 10.1. The molecule has 1 heterocycles. The van der Waals surface area contributed by atoms with Crippen molar-refractivity contribution in [1.29, 1.82) is 0 Å². The van der Waals surface area contributed by atoms with E-state index in [0.29, 0.717) is 19.8 Å². The summed E-state index contributed by atoms with van der Waals surface area (Å²) in [4.78, 5) is 12.9. The molecule has 0 radical (unpaired) electrons. The van der Waals surface area contributed by atoms with E-state index in [1.54, 1.807) is 12.0 Å². The second-order valence-corrected chi connectivity index (χ2v) is 3.70. The van der Waals surface area contributed by atoms with Gasteiger partial charge in [-0.2, -0.15) is 0 Å². The van der Waals surface area contributed by atoms with Crippen molar-refractivity contribution in [2.24, 2.45) is 5.73 Å². The van der Waals surface area contributed by atoms with Crippen LogP contribution in [-0.2, 0) is 14.3 Å². The number of ether oxygens (including phenoxy) is 2. The fourth-order valence-electron chi connectivity index (χ4n) is 1.48. The molecule has 1 aliphatic rings. The zero-order valence-corrected chi connectivity index (χ0v) is 9.28. The van der Waals surface area contributed by atoms with Crippen LogP contribution in [0.3, 0.4) is 0 Å². The van der Waals surface area contributed by atoms with Gasteiger partial charge in [-0.25, -0.2) is 0 Å². The van der Waals surface area contributed by atoms with E-state index < -0.39 is 0 Å². The van der Waals surface area contributed by atoms with E-state index in [1.807, 2.05) is 0 Å². The van der Waals surface area contributed by atoms with Crippen molar-refractivity contribution in [2.45, 2.75) is 18.9 Å². The van der Waals surface area contributed by atoms with Crippen molar-refractivity contribution in [3.05, 3.63) is 0 Å². The maximum Gasteiger partial charge on any atom is 0.241 e. The number of hydrogen-bond donors (Lipinski definition) is 1. The molecule has 0 saturated carbocycles. The molecule has 1 rings (SSSR count). The second kappa shape index (κ2) is 6.76. The number of likely N-dealkylation sites (tertiary alicyclic amines) is 1. The Morgan fingerprint density at radius 2 is 2.20 bits per heavy atom. The molecule has 0 bridgehead atoms. The SMILES string of the molecule is COCCOCCCCN1CC(N)C1=O. The van der Waals surface area contributed by atoms with Gasteiger partial charge >= 0.3 is 0 Å². The highest BCUT2D eigenvalue weighted by Gasteiger charge is 2.32. The molecule has 0 aromatic rings. The molecule has 0 aromatic heterocycles. The molecular weight excluding hydrogens is 196 g/mol. The van der Waals surface area contributed by atoms with Gasteiger partial charge in [0.15, 0.2) is 0 Å². The summed E-state index contributed by atoms with van der Waals surface area (Å²) in [5.74, 6) is 0.0790. The number of rotatable bonds is 8. The number of nitrogens with zero attached hydrogens (tertiary/aromatic N) is 1. The quantitative estimate of drug-likeness (QED) is 0.443. The molecule has 1 fully saturated rings. The summed E-state index contributed by atoms with van der Waals surface area (Å²) in [6.45, 7) is 3.53. The lowest BCUT2D eigenvalue weighted by Gasteiger charge is -2.36. The van der Waals surface area contributed by atoms with Gasteiger partial charge in [0, 0.05) is 26.8 Å². The van der Waals surface area contributed by atoms with Crippen molar-refractivity contribution < 1.29 is 14.3 Å². The predicted octanol–water partition coefficient (Wildman–Crippen LogP) is -0.401. The monoisotopic (exact) mass is 216 g/mol. The third-order valence-corrected chi connectivity index (χ3v) is 2.44. The molecule has 1 atom stereocenters. The first-order valence-electron chi connectivity index (χ1n) is 5.36. The maximum absolute atomic E-state index is 11.1. The van der Waals surface area contributed by atoms with Gasteiger partial charge in [-0.15, -0.1) is 0 Å². The van der Waals surface area contributed by atoms with E-state index in [2.05, 4.69) is 0 Å². The zero-order valence-electron chi connectivity index (χ0n) is 9.28. The lowest BCUT2D eigenvalue weighted by Crippen LogP contribution is -2.60. The molecule has 1 unspecified atom stereocenters. The van der Waals surface area contributed by atoms with Crippen LogP contribution in [0, 0.1) is 0 Å². The lowest BCUT2D eigenvalue weighted by molar-refractivity contribution is -0.142. The smallest absolute Gasteiger partial charge is 0.241 e. The van der Waals surface area contributed by atoms with Gasteiger partial charge in [0.2, 0.25) is 5.91 Å². The van der Waals surface area contributed by atoms with Gasteiger partial charge in [0.05, 0.1) is 13.2 Å². The molecule has 1 saturated heterocycles. The highest BCUT2D eigenvalue weighted by molar-refractivity contribution is 5.87. The van der Waals surface area contributed by atoms with E-state index in [1.165, 1.54) is 0 Å². The molecule has 88 valence electrons. The van der Waals surface area contributed by atoms with E-state index in [9.17, 15) is 4.79 Å². The highest BCUT2D eigenvalue weighted by atomic mass is 16.5. The normalized spacial score (nSPS) is 20.5. The van der Waals surface area contributed by atoms with Crippen LogP contribution in [0.5, 0.6) is 0 Å². The van der Waals surface area contributed by atoms with Crippen LogP contribution in [0.1, 0.15) is 12.8 Å². The third-order valence-electron chi connectivity index (χ3n) is 2.44. The van der Waals surface area contributed by atoms with Crippen LogP contribution < -0.4 is 5.73 Å². The minimum atomic E-state index is -0.247. The van der Waals surface area contributed by atoms with Gasteiger partial charge in [-0.1, -0.05) is 0 Å². The molecule has 5 heteroatoms. The van der Waals surface area contributed by atoms with Crippen molar-refractivity contribution in [2.75, 3.05) is 40.0 Å². The first kappa shape index (κ1) is 12.4. The van der Waals surface area contributed by atoms with Crippen molar-refractivity contribution in [1.82, 2.24) is 4.90 Å². The van der Waals surface area contributed by atoms with E-state index >= 15 is 0 Å². The molecule has 0 aliphatic carbocycles. The molecule has 0 aromatic carbocycles. The van der Waals surface area contributed by atoms with Crippen molar-refractivity contribution in [3.8, 4) is 0 Å². The summed E-state index contributed by atoms with van der Waals surface area (Å²) in [5.41, 5.74) is 5.47. The Balaban J connectivity index is 1.83. The maximum atomic E-state index is 11.1. The average molecular weight is 216 g/mol. The first-order chi connectivity index (χ1) is 7.25. The van der Waals surface area contributed by atoms with Crippen molar-refractivity contribution in [3.63, 3.8) is 0 Å². The Labute approximate surface area is 90.5 Å². The second-order valence-electron chi connectivity index (χ2n) is 3.70. The first-order valence-corrected chi connectivity index (χ1v) is 5.36. The Hall–Kier alpha value is -0.650. The fraction of sp³-hybridized carbons (Fsp3) is 0.900. The minimum Gasteiger partial charge on any atom is -0.382 e. The summed E-state index contributed by atoms with van der Waals surface area (Å²) in [6, 6.07) is -0.247. The topological polar surface area (TPSA) is 64.8 Å². The molecule has 2 N–H and O–H groups in total. The average Bonchev–Trinajstić information content (AvgIpc) is 2.26. The zero-order chi connectivity index (χ0) is 11.1. The largest absolute Gasteiger partial charge is 0.382 e. The van der Waals surface area contributed by atoms with Crippen molar-refractivity contribution >= 4 is 5.91 Å². The fourth-order valence-corrected chi connectivity index (χ4v) is 1.48. The van der Waals surface area contributed by atoms with Crippen LogP contribution >= 0.6 is 0 Å². The van der Waals surface area contributed by atoms with Crippen LogP contribution in [0.4, 0.5) is 0 Å². The van der Waals surface area contributed by atoms with E-state index in [4.69, 9.17) is 15.2 Å². The standard InChI is InChI=1S/C10H20N2O3/c1-14-6-7-15-5-3-2-4-12-8-9(11)10(12)13/h9H,2-8,11H2,1H3. The van der Waals surface area contributed by atoms with Crippen LogP contribution in [0.2, 0.25) is 0 Å². The predicted molar refractivity (Wildman–Crippen MR) is 56.5 cm³/mol. The lowest BCUT2D eigenvalue weighted by atomic mass is 10.1. The number of methoxy groups -OCH3 is 1. The van der Waals surface area contributed by atoms with Gasteiger partial charge in [0.25, 0.3) is 0 Å². The molecule has 0 spiro atoms. The number of carbonyl (C=O) groups is 1. The van der Waals surface area contributed by atoms with Crippen LogP contribution in [-0.4, -0.2) is 56.9 Å². The van der Waals surface area contributed by atoms with Crippen LogP contribution in [0.25, 0.3) is 0 Å². The number of amides is 1. The Morgan fingerprint density at radius 3 is 2.80 bits per heavy atom. The van der Waals surface area contributed by atoms with Gasteiger partial charge in [-0.3, -0.25) is 4.79 Å². The Bertz CT molecular complexity index is 199. The van der Waals surface area contributed by atoms with Crippen LogP contribution in [0.15, 0.2) is 0 Å². The summed E-state index contributed by atoms with van der Waals surface area (Å²) >= 11 is 0. The molecule has 15 heavy (non-hydrogen) atoms. The van der Waals surface area contributed by atoms with Gasteiger partial charge in [0.1, 0.15) is 6.04 Å². The molecule has 5 nitrogen and oxygen atoms in total. The number of carbonyl (C=O) groups excluding carboxylic acids is 1. The van der Waals surface area contributed by atoms with E-state index in [0.717, 1.165) is 26.0 Å². The molecule has 1 amide bonds. The molecule has 1 aliphatic heterocycles. The minimum absolute atomic E-state index is 0.0790. The summed E-state index contributed by atoms with van der Waals surface area (Å²) in [7, 11) is 1.65. The number of hydrogen-bond acceptors (Lipinski definition) is 4. The van der Waals surface area contributed by atoms with Gasteiger partial charge in [-0.05, 0) is 12.8 Å². The van der Waals surface area contributed by atoms with Gasteiger partial charge < -0.3 is 20.1 Å². The summed E-state index contributed by atoms with van der Waals surface area (Å²) in [5, 5.41) is 0. The van der Waals surface area contributed by atoms with E-state index in [-0.39, 0.29) is 11.9 Å². The Morgan fingerprint density at radius 1 is 1.40 bits per heavy atom. The Kier molecular flexibility index (Phi) is 5.60. The number of β-lactam (4-membered cyclic amide) rings is 1. The number of nitrogens with two attached hydrogens (primary N) is 1.